The molecule has 0 fully saturated rings. The standard InChI is InChI=1S/C13H13N5O3/c1-20-10-4-7(6-19)2-3-9(10)21-12-8-5-15-18-11(8)16-13(14)17-12/h2-5,19H,6H2,1H3,(H3,14,15,16,17,18). The smallest absolute Gasteiger partial charge is 0.235 e. The number of benzene rings is 1. The lowest BCUT2D eigenvalue weighted by molar-refractivity contribution is 0.280. The number of methoxy groups -OCH3 is 1. The van der Waals surface area contributed by atoms with Crippen LogP contribution in [0.5, 0.6) is 17.4 Å². The van der Waals surface area contributed by atoms with E-state index in [1.54, 1.807) is 24.4 Å². The van der Waals surface area contributed by atoms with Gasteiger partial charge in [-0.3, -0.25) is 5.10 Å². The molecule has 0 bridgehead atoms. The second kappa shape index (κ2) is 5.25. The number of fused-ring (bicyclic) bond motifs is 1. The fourth-order valence-corrected chi connectivity index (χ4v) is 1.90. The molecular weight excluding hydrogens is 274 g/mol. The number of ether oxygens (including phenoxy) is 2. The van der Waals surface area contributed by atoms with Crippen molar-refractivity contribution >= 4 is 17.0 Å². The van der Waals surface area contributed by atoms with Crippen LogP contribution in [-0.4, -0.2) is 32.4 Å². The SMILES string of the molecule is COc1cc(CO)ccc1Oc1nc(N)nc2[nH]ncc12. The van der Waals surface area contributed by atoms with Gasteiger partial charge in [0.1, 0.15) is 5.39 Å². The summed E-state index contributed by atoms with van der Waals surface area (Å²) < 4.78 is 11.0. The fraction of sp³-hybridized carbons (Fsp3) is 0.154. The van der Waals surface area contributed by atoms with Crippen molar-refractivity contribution in [3.63, 3.8) is 0 Å². The third-order valence-corrected chi connectivity index (χ3v) is 2.91. The van der Waals surface area contributed by atoms with Gasteiger partial charge in [0.05, 0.1) is 19.9 Å². The van der Waals surface area contributed by atoms with Gasteiger partial charge < -0.3 is 20.3 Å². The average molecular weight is 287 g/mol. The summed E-state index contributed by atoms with van der Waals surface area (Å²) in [6.07, 6.45) is 1.55. The van der Waals surface area contributed by atoms with Gasteiger partial charge >= 0.3 is 0 Å². The van der Waals surface area contributed by atoms with Crippen molar-refractivity contribution in [2.24, 2.45) is 0 Å². The Balaban J connectivity index is 2.04. The van der Waals surface area contributed by atoms with Crippen LogP contribution >= 0.6 is 0 Å². The van der Waals surface area contributed by atoms with E-state index in [0.717, 1.165) is 5.56 Å². The summed E-state index contributed by atoms with van der Waals surface area (Å²) in [7, 11) is 1.52. The van der Waals surface area contributed by atoms with E-state index in [-0.39, 0.29) is 18.4 Å². The van der Waals surface area contributed by atoms with E-state index < -0.39 is 0 Å². The summed E-state index contributed by atoms with van der Waals surface area (Å²) in [5.41, 5.74) is 6.85. The highest BCUT2D eigenvalue weighted by molar-refractivity contribution is 5.80. The Morgan fingerprint density at radius 2 is 2.14 bits per heavy atom. The monoisotopic (exact) mass is 287 g/mol. The molecule has 4 N–H and O–H groups in total. The number of anilines is 1. The molecule has 0 saturated heterocycles. The number of hydrogen-bond acceptors (Lipinski definition) is 7. The zero-order chi connectivity index (χ0) is 14.8. The van der Waals surface area contributed by atoms with Crippen LogP contribution in [-0.2, 0) is 6.61 Å². The van der Waals surface area contributed by atoms with Gasteiger partial charge in [-0.2, -0.15) is 15.1 Å². The molecule has 0 unspecified atom stereocenters. The number of nitrogens with zero attached hydrogens (tertiary/aromatic N) is 3. The van der Waals surface area contributed by atoms with Crippen molar-refractivity contribution in [3.8, 4) is 17.4 Å². The predicted octanol–water partition coefficient (Wildman–Crippen LogP) is 1.23. The molecule has 0 spiro atoms. The predicted molar refractivity (Wildman–Crippen MR) is 75.1 cm³/mol. The Hall–Kier alpha value is -2.87. The van der Waals surface area contributed by atoms with Crippen molar-refractivity contribution in [1.29, 1.82) is 0 Å². The van der Waals surface area contributed by atoms with Gasteiger partial charge in [-0.05, 0) is 17.7 Å². The lowest BCUT2D eigenvalue weighted by Gasteiger charge is -2.11. The molecule has 0 aliphatic carbocycles. The normalized spacial score (nSPS) is 10.8. The van der Waals surface area contributed by atoms with Gasteiger partial charge in [-0.25, -0.2) is 0 Å². The highest BCUT2D eigenvalue weighted by atomic mass is 16.5. The molecule has 8 nitrogen and oxygen atoms in total. The molecule has 3 aromatic rings. The third-order valence-electron chi connectivity index (χ3n) is 2.91. The molecule has 21 heavy (non-hydrogen) atoms. The summed E-state index contributed by atoms with van der Waals surface area (Å²) in [5, 5.41) is 16.3. The molecule has 0 aliphatic heterocycles. The van der Waals surface area contributed by atoms with Crippen molar-refractivity contribution in [2.45, 2.75) is 6.61 Å². The van der Waals surface area contributed by atoms with Crippen LogP contribution in [0.25, 0.3) is 11.0 Å². The molecule has 2 heterocycles. The maximum Gasteiger partial charge on any atom is 0.235 e. The quantitative estimate of drug-likeness (QED) is 0.660. The number of aliphatic hydroxyl groups is 1. The number of nitrogens with two attached hydrogens (primary N) is 1. The van der Waals surface area contributed by atoms with E-state index >= 15 is 0 Å². The van der Waals surface area contributed by atoms with E-state index in [4.69, 9.17) is 20.3 Å². The minimum atomic E-state index is -0.0803. The Morgan fingerprint density at radius 3 is 2.90 bits per heavy atom. The highest BCUT2D eigenvalue weighted by Gasteiger charge is 2.13. The van der Waals surface area contributed by atoms with Crippen LogP contribution in [0.15, 0.2) is 24.4 Å². The summed E-state index contributed by atoms with van der Waals surface area (Å²) in [5.74, 6) is 1.29. The second-order valence-electron chi connectivity index (χ2n) is 4.26. The Bertz CT molecular complexity index is 787. The van der Waals surface area contributed by atoms with E-state index in [1.807, 2.05) is 0 Å². The summed E-state index contributed by atoms with van der Waals surface area (Å²) in [4.78, 5) is 8.08. The molecule has 8 heteroatoms. The number of rotatable bonds is 4. The van der Waals surface area contributed by atoms with Gasteiger partial charge in [0.2, 0.25) is 11.8 Å². The maximum absolute atomic E-state index is 9.14. The third kappa shape index (κ3) is 2.43. The molecule has 3 rings (SSSR count). The first-order valence-electron chi connectivity index (χ1n) is 6.13. The molecule has 108 valence electrons. The molecule has 0 aliphatic rings. The number of hydrogen-bond donors (Lipinski definition) is 3. The largest absolute Gasteiger partial charge is 0.493 e. The lowest BCUT2D eigenvalue weighted by Crippen LogP contribution is -1.99. The summed E-state index contributed by atoms with van der Waals surface area (Å²) in [6.45, 7) is -0.0803. The van der Waals surface area contributed by atoms with Crippen molar-refractivity contribution in [2.75, 3.05) is 12.8 Å². The molecule has 0 radical (unpaired) electrons. The molecule has 1 aromatic carbocycles. The Morgan fingerprint density at radius 1 is 1.29 bits per heavy atom. The number of nitrogen functional groups attached to an aromatic ring is 1. The van der Waals surface area contributed by atoms with E-state index in [2.05, 4.69) is 20.2 Å². The summed E-state index contributed by atoms with van der Waals surface area (Å²) >= 11 is 0. The molecule has 0 saturated carbocycles. The zero-order valence-electron chi connectivity index (χ0n) is 11.2. The first kappa shape index (κ1) is 13.1. The Labute approximate surface area is 119 Å². The number of aliphatic hydroxyl groups excluding tert-OH is 1. The van der Waals surface area contributed by atoms with Crippen molar-refractivity contribution in [1.82, 2.24) is 20.2 Å². The van der Waals surface area contributed by atoms with Crippen LogP contribution in [0.4, 0.5) is 5.95 Å². The topological polar surface area (TPSA) is 119 Å². The molecule has 2 aromatic heterocycles. The zero-order valence-corrected chi connectivity index (χ0v) is 11.2. The lowest BCUT2D eigenvalue weighted by atomic mass is 10.2. The van der Waals surface area contributed by atoms with Gasteiger partial charge in [0.15, 0.2) is 17.1 Å². The number of aromatic amines is 1. The van der Waals surface area contributed by atoms with Gasteiger partial charge in [0.25, 0.3) is 0 Å². The van der Waals surface area contributed by atoms with E-state index in [0.29, 0.717) is 22.5 Å². The van der Waals surface area contributed by atoms with Crippen molar-refractivity contribution in [3.05, 3.63) is 30.0 Å². The minimum absolute atomic E-state index is 0.0766. The number of aromatic nitrogens is 4. The van der Waals surface area contributed by atoms with Crippen LogP contribution in [0.3, 0.4) is 0 Å². The Kier molecular flexibility index (Phi) is 3.28. The maximum atomic E-state index is 9.14. The molecule has 0 amide bonds. The number of nitrogens with one attached hydrogen (secondary N) is 1. The van der Waals surface area contributed by atoms with Crippen molar-refractivity contribution < 1.29 is 14.6 Å². The summed E-state index contributed by atoms with van der Waals surface area (Å²) in [6, 6.07) is 5.11. The van der Waals surface area contributed by atoms with Gasteiger partial charge in [-0.1, -0.05) is 6.07 Å². The van der Waals surface area contributed by atoms with Crippen LogP contribution in [0.2, 0.25) is 0 Å². The van der Waals surface area contributed by atoms with Crippen LogP contribution in [0.1, 0.15) is 5.56 Å². The molecule has 0 atom stereocenters. The second-order valence-corrected chi connectivity index (χ2v) is 4.26. The van der Waals surface area contributed by atoms with Gasteiger partial charge in [-0.15, -0.1) is 0 Å². The van der Waals surface area contributed by atoms with Gasteiger partial charge in [0, 0.05) is 0 Å². The average Bonchev–Trinajstić information content (AvgIpc) is 2.96. The number of H-pyrrole nitrogens is 1. The highest BCUT2D eigenvalue weighted by Crippen LogP contribution is 2.34. The van der Waals surface area contributed by atoms with E-state index in [9.17, 15) is 0 Å². The minimum Gasteiger partial charge on any atom is -0.493 e. The van der Waals surface area contributed by atoms with Crippen LogP contribution in [0, 0.1) is 0 Å². The fourth-order valence-electron chi connectivity index (χ4n) is 1.90. The van der Waals surface area contributed by atoms with E-state index in [1.165, 1.54) is 7.11 Å². The van der Waals surface area contributed by atoms with Crippen LogP contribution < -0.4 is 15.2 Å². The molecular formula is C13H13N5O3. The first-order chi connectivity index (χ1) is 10.2. The first-order valence-corrected chi connectivity index (χ1v) is 6.13.